The van der Waals surface area contributed by atoms with E-state index >= 15 is 0 Å². The number of hydrogen-bond acceptors (Lipinski definition) is 3. The number of carbonyl (C=O) groups excluding carboxylic acids is 1. The maximum Gasteiger partial charge on any atom is 0.255 e. The van der Waals surface area contributed by atoms with Crippen molar-refractivity contribution < 1.29 is 9.63 Å². The Kier molecular flexibility index (Phi) is 3.46. The first kappa shape index (κ1) is 12.4. The molecule has 0 bridgehead atoms. The molecule has 100 valence electrons. The van der Waals surface area contributed by atoms with Crippen molar-refractivity contribution in [2.45, 2.75) is 12.5 Å². The smallest absolute Gasteiger partial charge is 0.255 e. The number of para-hydroxylation sites is 1. The third-order valence-corrected chi connectivity index (χ3v) is 3.17. The monoisotopic (exact) mass is 266 g/mol. The van der Waals surface area contributed by atoms with Gasteiger partial charge in [0.2, 0.25) is 0 Å². The molecule has 0 fully saturated rings. The maximum atomic E-state index is 12.2. The van der Waals surface area contributed by atoms with Crippen LogP contribution in [0.25, 0.3) is 0 Å². The molecule has 0 spiro atoms. The first-order valence-electron chi connectivity index (χ1n) is 6.47. The topological polar surface area (TPSA) is 50.7 Å². The summed E-state index contributed by atoms with van der Waals surface area (Å²) in [6, 6.07) is 16.8. The molecule has 2 aromatic carbocycles. The number of nitrogens with one attached hydrogen (secondary N) is 1. The van der Waals surface area contributed by atoms with Crippen molar-refractivity contribution in [2.75, 3.05) is 5.32 Å². The van der Waals surface area contributed by atoms with E-state index in [-0.39, 0.29) is 12.0 Å². The lowest BCUT2D eigenvalue weighted by Gasteiger charge is -2.14. The quantitative estimate of drug-likeness (QED) is 0.925. The van der Waals surface area contributed by atoms with E-state index in [0.717, 1.165) is 17.7 Å². The second kappa shape index (κ2) is 5.57. The molecule has 4 heteroatoms. The van der Waals surface area contributed by atoms with Gasteiger partial charge in [-0.2, -0.15) is 0 Å². The van der Waals surface area contributed by atoms with E-state index in [2.05, 4.69) is 10.5 Å². The Morgan fingerprint density at radius 1 is 1.10 bits per heavy atom. The molecule has 1 atom stereocenters. The number of oxime groups is 1. The van der Waals surface area contributed by atoms with Gasteiger partial charge < -0.3 is 10.2 Å². The van der Waals surface area contributed by atoms with E-state index in [4.69, 9.17) is 4.84 Å². The van der Waals surface area contributed by atoms with Crippen molar-refractivity contribution in [3.05, 3.63) is 65.7 Å². The molecule has 0 saturated carbocycles. The van der Waals surface area contributed by atoms with E-state index in [9.17, 15) is 4.79 Å². The van der Waals surface area contributed by atoms with Crippen molar-refractivity contribution in [3.63, 3.8) is 0 Å². The lowest BCUT2D eigenvalue weighted by molar-refractivity contribution is 0.0861. The molecule has 1 N–H and O–H groups in total. The molecule has 1 aliphatic heterocycles. The highest BCUT2D eigenvalue weighted by molar-refractivity contribution is 6.04. The number of carbonyl (C=O) groups is 1. The molecule has 0 radical (unpaired) electrons. The molecular formula is C16H14N2O2. The summed E-state index contributed by atoms with van der Waals surface area (Å²) in [5.74, 6) is -0.128. The number of rotatable bonds is 3. The fourth-order valence-corrected chi connectivity index (χ4v) is 2.16. The number of anilines is 1. The third kappa shape index (κ3) is 2.54. The third-order valence-electron chi connectivity index (χ3n) is 3.17. The summed E-state index contributed by atoms with van der Waals surface area (Å²) in [7, 11) is 0. The molecule has 1 aliphatic rings. The van der Waals surface area contributed by atoms with Crippen LogP contribution in [-0.2, 0) is 4.84 Å². The van der Waals surface area contributed by atoms with Gasteiger partial charge in [0, 0.05) is 29.4 Å². The first-order chi connectivity index (χ1) is 9.84. The summed E-state index contributed by atoms with van der Waals surface area (Å²) < 4.78 is 0. The van der Waals surface area contributed by atoms with E-state index < -0.39 is 0 Å². The Balaban J connectivity index is 1.82. The molecule has 20 heavy (non-hydrogen) atoms. The molecule has 0 aromatic heterocycles. The zero-order valence-electron chi connectivity index (χ0n) is 10.8. The van der Waals surface area contributed by atoms with Crippen molar-refractivity contribution in [1.29, 1.82) is 0 Å². The van der Waals surface area contributed by atoms with Crippen LogP contribution in [0.2, 0.25) is 0 Å². The highest BCUT2D eigenvalue weighted by Gasteiger charge is 2.20. The predicted octanol–water partition coefficient (Wildman–Crippen LogP) is 3.39. The minimum absolute atomic E-state index is 0.123. The Morgan fingerprint density at radius 2 is 1.85 bits per heavy atom. The van der Waals surface area contributed by atoms with Crippen LogP contribution in [0.4, 0.5) is 5.69 Å². The van der Waals surface area contributed by atoms with Gasteiger partial charge >= 0.3 is 0 Å². The van der Waals surface area contributed by atoms with Crippen LogP contribution >= 0.6 is 0 Å². The summed E-state index contributed by atoms with van der Waals surface area (Å²) in [4.78, 5) is 17.5. The normalized spacial score (nSPS) is 16.7. The molecule has 2 aromatic rings. The summed E-state index contributed by atoms with van der Waals surface area (Å²) in [5.41, 5.74) is 2.33. The minimum Gasteiger partial charge on any atom is -0.387 e. The lowest BCUT2D eigenvalue weighted by atomic mass is 10.0. The number of nitrogens with zero attached hydrogens (tertiary/aromatic N) is 1. The van der Waals surface area contributed by atoms with Crippen molar-refractivity contribution >= 4 is 17.8 Å². The maximum absolute atomic E-state index is 12.2. The van der Waals surface area contributed by atoms with Crippen molar-refractivity contribution in [2.24, 2.45) is 5.16 Å². The molecule has 3 rings (SSSR count). The zero-order valence-corrected chi connectivity index (χ0v) is 10.8. The molecule has 0 aliphatic carbocycles. The van der Waals surface area contributed by atoms with Crippen molar-refractivity contribution in [1.82, 2.24) is 0 Å². The van der Waals surface area contributed by atoms with E-state index in [1.807, 2.05) is 42.5 Å². The summed E-state index contributed by atoms with van der Waals surface area (Å²) in [6.45, 7) is 0. The highest BCUT2D eigenvalue weighted by atomic mass is 16.6. The number of hydrogen-bond donors (Lipinski definition) is 1. The average Bonchev–Trinajstić information content (AvgIpc) is 3.03. The number of benzene rings is 2. The van der Waals surface area contributed by atoms with Crippen LogP contribution in [0.15, 0.2) is 59.8 Å². The Bertz CT molecular complexity index is 630. The summed E-state index contributed by atoms with van der Waals surface area (Å²) >= 11 is 0. The van der Waals surface area contributed by atoms with Crippen LogP contribution in [0, 0.1) is 0 Å². The zero-order chi connectivity index (χ0) is 13.8. The van der Waals surface area contributed by atoms with Crippen LogP contribution in [0.3, 0.4) is 0 Å². The highest BCUT2D eigenvalue weighted by Crippen LogP contribution is 2.30. The fraction of sp³-hybridized carbons (Fsp3) is 0.125. The summed E-state index contributed by atoms with van der Waals surface area (Å²) in [5, 5.41) is 6.71. The van der Waals surface area contributed by atoms with Gasteiger partial charge in [-0.1, -0.05) is 41.6 Å². The molecule has 0 saturated heterocycles. The standard InChI is InChI=1S/C16H14N2O2/c19-16(12-6-2-1-3-7-12)18-14-9-5-4-8-13(14)15-10-11-17-20-15/h1-9,11,15H,10H2,(H,18,19). The van der Waals surface area contributed by atoms with Gasteiger partial charge in [-0.25, -0.2) is 0 Å². The van der Waals surface area contributed by atoms with Gasteiger partial charge in [-0.15, -0.1) is 0 Å². The second-order valence-corrected chi connectivity index (χ2v) is 4.53. The molecule has 1 unspecified atom stereocenters. The van der Waals surface area contributed by atoms with Gasteiger partial charge in [-0.05, 0) is 18.2 Å². The molecule has 4 nitrogen and oxygen atoms in total. The summed E-state index contributed by atoms with van der Waals surface area (Å²) in [6.07, 6.45) is 2.33. The Morgan fingerprint density at radius 3 is 2.60 bits per heavy atom. The Hall–Kier alpha value is -2.62. The fourth-order valence-electron chi connectivity index (χ4n) is 2.16. The Labute approximate surface area is 117 Å². The first-order valence-corrected chi connectivity index (χ1v) is 6.47. The molecule has 1 amide bonds. The SMILES string of the molecule is O=C(Nc1ccccc1C1CC=NO1)c1ccccc1. The van der Waals surface area contributed by atoms with E-state index in [1.165, 1.54) is 0 Å². The molecular weight excluding hydrogens is 252 g/mol. The van der Waals surface area contributed by atoms with Crippen LogP contribution in [-0.4, -0.2) is 12.1 Å². The van der Waals surface area contributed by atoms with Gasteiger partial charge in [0.15, 0.2) is 6.10 Å². The van der Waals surface area contributed by atoms with Gasteiger partial charge in [0.25, 0.3) is 5.91 Å². The van der Waals surface area contributed by atoms with Crippen molar-refractivity contribution in [3.8, 4) is 0 Å². The van der Waals surface area contributed by atoms with Gasteiger partial charge in [0.05, 0.1) is 0 Å². The largest absolute Gasteiger partial charge is 0.387 e. The van der Waals surface area contributed by atoms with Gasteiger partial charge in [0.1, 0.15) is 0 Å². The molecule has 1 heterocycles. The van der Waals surface area contributed by atoms with Gasteiger partial charge in [-0.3, -0.25) is 4.79 Å². The van der Waals surface area contributed by atoms with Crippen LogP contribution in [0.5, 0.6) is 0 Å². The average molecular weight is 266 g/mol. The predicted molar refractivity (Wildman–Crippen MR) is 77.8 cm³/mol. The van der Waals surface area contributed by atoms with E-state index in [0.29, 0.717) is 5.56 Å². The van der Waals surface area contributed by atoms with Crippen LogP contribution < -0.4 is 5.32 Å². The second-order valence-electron chi connectivity index (χ2n) is 4.53. The lowest BCUT2D eigenvalue weighted by Crippen LogP contribution is -2.14. The number of amides is 1. The van der Waals surface area contributed by atoms with E-state index in [1.54, 1.807) is 18.3 Å². The van der Waals surface area contributed by atoms with Crippen LogP contribution in [0.1, 0.15) is 28.4 Å². The minimum atomic E-state index is -0.128.